The van der Waals surface area contributed by atoms with Crippen LogP contribution in [-0.4, -0.2) is 42.7 Å². The summed E-state index contributed by atoms with van der Waals surface area (Å²) in [5, 5.41) is 2.92. The Balaban J connectivity index is 1.60. The summed E-state index contributed by atoms with van der Waals surface area (Å²) in [7, 11) is 1.70. The van der Waals surface area contributed by atoms with E-state index in [1.54, 1.807) is 23.7 Å². The van der Waals surface area contributed by atoms with Gasteiger partial charge in [0.1, 0.15) is 6.04 Å². The van der Waals surface area contributed by atoms with E-state index >= 15 is 0 Å². The van der Waals surface area contributed by atoms with E-state index in [0.29, 0.717) is 19.5 Å². The van der Waals surface area contributed by atoms with Crippen LogP contribution in [0.2, 0.25) is 0 Å². The van der Waals surface area contributed by atoms with E-state index in [-0.39, 0.29) is 11.9 Å². The lowest BCUT2D eigenvalue weighted by Crippen LogP contribution is -2.55. The van der Waals surface area contributed by atoms with Gasteiger partial charge in [-0.05, 0) is 48.9 Å². The van der Waals surface area contributed by atoms with Crippen molar-refractivity contribution in [1.82, 2.24) is 10.2 Å². The molecule has 2 aromatic carbocycles. The van der Waals surface area contributed by atoms with Crippen molar-refractivity contribution >= 4 is 29.4 Å². The van der Waals surface area contributed by atoms with Crippen LogP contribution in [-0.2, 0) is 11.3 Å². The van der Waals surface area contributed by atoms with Gasteiger partial charge in [0.25, 0.3) is 0 Å². The maximum atomic E-state index is 12.9. The molecule has 0 bridgehead atoms. The Bertz CT molecular complexity index is 780. The number of para-hydroxylation sites is 1. The lowest BCUT2D eigenvalue weighted by Gasteiger charge is -2.36. The van der Waals surface area contributed by atoms with Crippen molar-refractivity contribution < 1.29 is 9.59 Å². The standard InChI is InChI=1S/C21H25N3O2S/c1-23(21(26)22-15-16-10-12-18(27-2)13-11-16)19-9-6-14-24(20(19)25)17-7-4-3-5-8-17/h3-5,7-8,10-13,19H,6,9,14-15H2,1-2H3,(H,22,26). The molecule has 1 N–H and O–H groups in total. The number of urea groups is 1. The van der Waals surface area contributed by atoms with Gasteiger partial charge >= 0.3 is 6.03 Å². The Hall–Kier alpha value is -2.47. The van der Waals surface area contributed by atoms with Crippen LogP contribution in [0.25, 0.3) is 0 Å². The van der Waals surface area contributed by atoms with Gasteiger partial charge in [0.2, 0.25) is 5.91 Å². The highest BCUT2D eigenvalue weighted by Gasteiger charge is 2.34. The van der Waals surface area contributed by atoms with Crippen LogP contribution in [0.3, 0.4) is 0 Å². The minimum absolute atomic E-state index is 0.0191. The molecule has 142 valence electrons. The average molecular weight is 384 g/mol. The van der Waals surface area contributed by atoms with Crippen molar-refractivity contribution in [2.45, 2.75) is 30.3 Å². The van der Waals surface area contributed by atoms with Gasteiger partial charge < -0.3 is 15.1 Å². The maximum absolute atomic E-state index is 12.9. The molecule has 6 heteroatoms. The van der Waals surface area contributed by atoms with Gasteiger partial charge in [-0.15, -0.1) is 11.8 Å². The highest BCUT2D eigenvalue weighted by Crippen LogP contribution is 2.23. The van der Waals surface area contributed by atoms with Gasteiger partial charge in [0.05, 0.1) is 0 Å². The second kappa shape index (κ2) is 8.95. The summed E-state index contributed by atoms with van der Waals surface area (Å²) in [6, 6.07) is 17.1. The van der Waals surface area contributed by atoms with Crippen molar-refractivity contribution in [2.24, 2.45) is 0 Å². The minimum atomic E-state index is -0.433. The summed E-state index contributed by atoms with van der Waals surface area (Å²) in [4.78, 5) is 30.0. The molecule has 0 saturated carbocycles. The number of carbonyl (C=O) groups is 2. The molecule has 0 spiro atoms. The van der Waals surface area contributed by atoms with Crippen LogP contribution in [0.5, 0.6) is 0 Å². The fraction of sp³-hybridized carbons (Fsp3) is 0.333. The Kier molecular flexibility index (Phi) is 6.40. The maximum Gasteiger partial charge on any atom is 0.318 e. The van der Waals surface area contributed by atoms with Gasteiger partial charge in [-0.25, -0.2) is 4.79 Å². The highest BCUT2D eigenvalue weighted by molar-refractivity contribution is 7.98. The van der Waals surface area contributed by atoms with E-state index in [4.69, 9.17) is 0 Å². The third-order valence-corrected chi connectivity index (χ3v) is 5.61. The van der Waals surface area contributed by atoms with Gasteiger partial charge in [-0.3, -0.25) is 4.79 Å². The molecule has 1 atom stereocenters. The Morgan fingerprint density at radius 1 is 1.19 bits per heavy atom. The van der Waals surface area contributed by atoms with Crippen LogP contribution in [0.15, 0.2) is 59.5 Å². The van der Waals surface area contributed by atoms with Crippen LogP contribution in [0.1, 0.15) is 18.4 Å². The Morgan fingerprint density at radius 2 is 1.89 bits per heavy atom. The van der Waals surface area contributed by atoms with Crippen LogP contribution in [0, 0.1) is 0 Å². The zero-order valence-corrected chi connectivity index (χ0v) is 16.5. The molecule has 1 fully saturated rings. The molecule has 0 aromatic heterocycles. The number of nitrogens with zero attached hydrogens (tertiary/aromatic N) is 2. The first kappa shape index (κ1) is 19.3. The lowest BCUT2D eigenvalue weighted by atomic mass is 10.0. The summed E-state index contributed by atoms with van der Waals surface area (Å²) >= 11 is 1.69. The molecular weight excluding hydrogens is 358 g/mol. The number of nitrogens with one attached hydrogen (secondary N) is 1. The molecule has 3 amide bonds. The van der Waals surface area contributed by atoms with Crippen LogP contribution >= 0.6 is 11.8 Å². The monoisotopic (exact) mass is 383 g/mol. The number of thioether (sulfide) groups is 1. The molecule has 1 unspecified atom stereocenters. The average Bonchev–Trinajstić information content (AvgIpc) is 2.72. The first-order valence-electron chi connectivity index (χ1n) is 9.10. The molecule has 3 rings (SSSR count). The van der Waals surface area contributed by atoms with Crippen LogP contribution < -0.4 is 10.2 Å². The number of likely N-dealkylation sites (N-methyl/N-ethyl adjacent to an activating group) is 1. The molecule has 0 radical (unpaired) electrons. The van der Waals surface area contributed by atoms with Gasteiger partial charge in [-0.1, -0.05) is 30.3 Å². The minimum Gasteiger partial charge on any atom is -0.334 e. The number of anilines is 1. The smallest absolute Gasteiger partial charge is 0.318 e. The quantitative estimate of drug-likeness (QED) is 0.800. The van der Waals surface area contributed by atoms with Gasteiger partial charge in [0, 0.05) is 30.7 Å². The topological polar surface area (TPSA) is 52.7 Å². The molecule has 27 heavy (non-hydrogen) atoms. The van der Waals surface area contributed by atoms with Crippen molar-refractivity contribution in [3.63, 3.8) is 0 Å². The summed E-state index contributed by atoms with van der Waals surface area (Å²) in [5.41, 5.74) is 1.92. The second-order valence-electron chi connectivity index (χ2n) is 6.60. The molecular formula is C21H25N3O2S. The molecule has 5 nitrogen and oxygen atoms in total. The number of carbonyl (C=O) groups excluding carboxylic acids is 2. The second-order valence-corrected chi connectivity index (χ2v) is 7.48. The molecule has 0 aliphatic carbocycles. The first-order chi connectivity index (χ1) is 13.1. The summed E-state index contributed by atoms with van der Waals surface area (Å²) < 4.78 is 0. The Morgan fingerprint density at radius 3 is 2.56 bits per heavy atom. The van der Waals surface area contributed by atoms with E-state index in [0.717, 1.165) is 17.7 Å². The van der Waals surface area contributed by atoms with Crippen molar-refractivity contribution in [1.29, 1.82) is 0 Å². The van der Waals surface area contributed by atoms with E-state index in [9.17, 15) is 9.59 Å². The number of hydrogen-bond acceptors (Lipinski definition) is 3. The van der Waals surface area contributed by atoms with Crippen LogP contribution in [0.4, 0.5) is 10.5 Å². The number of benzene rings is 2. The predicted molar refractivity (Wildman–Crippen MR) is 110 cm³/mol. The summed E-state index contributed by atoms with van der Waals surface area (Å²) in [6.07, 6.45) is 3.60. The van der Waals surface area contributed by atoms with E-state index in [1.165, 1.54) is 9.80 Å². The number of hydrogen-bond donors (Lipinski definition) is 1. The molecule has 1 aliphatic heterocycles. The largest absolute Gasteiger partial charge is 0.334 e. The van der Waals surface area contributed by atoms with Gasteiger partial charge in [0.15, 0.2) is 0 Å². The normalized spacial score (nSPS) is 16.9. The first-order valence-corrected chi connectivity index (χ1v) is 10.3. The molecule has 2 aromatic rings. The SMILES string of the molecule is CSc1ccc(CNC(=O)N(C)C2CCCN(c3ccccc3)C2=O)cc1. The lowest BCUT2D eigenvalue weighted by molar-refractivity contribution is -0.123. The highest BCUT2D eigenvalue weighted by atomic mass is 32.2. The van der Waals surface area contributed by atoms with E-state index in [1.807, 2.05) is 60.9 Å². The fourth-order valence-electron chi connectivity index (χ4n) is 3.27. The predicted octanol–water partition coefficient (Wildman–Crippen LogP) is 3.75. The third kappa shape index (κ3) is 4.63. The number of rotatable bonds is 5. The molecule has 1 heterocycles. The zero-order chi connectivity index (χ0) is 19.2. The third-order valence-electron chi connectivity index (χ3n) is 4.87. The number of piperidine rings is 1. The number of amides is 3. The van der Waals surface area contributed by atoms with Gasteiger partial charge in [-0.2, -0.15) is 0 Å². The van der Waals surface area contributed by atoms with E-state index < -0.39 is 6.04 Å². The van der Waals surface area contributed by atoms with Crippen molar-refractivity contribution in [3.05, 3.63) is 60.2 Å². The molecule has 1 aliphatic rings. The van der Waals surface area contributed by atoms with Crippen molar-refractivity contribution in [2.75, 3.05) is 24.7 Å². The van der Waals surface area contributed by atoms with E-state index in [2.05, 4.69) is 5.32 Å². The zero-order valence-electron chi connectivity index (χ0n) is 15.7. The van der Waals surface area contributed by atoms with Crippen molar-refractivity contribution in [3.8, 4) is 0 Å². The summed E-state index contributed by atoms with van der Waals surface area (Å²) in [5.74, 6) is -0.0191. The Labute approximate surface area is 164 Å². The molecule has 1 saturated heterocycles. The summed E-state index contributed by atoms with van der Waals surface area (Å²) in [6.45, 7) is 1.14. The fourth-order valence-corrected chi connectivity index (χ4v) is 3.68.